The molecule has 0 radical (unpaired) electrons. The van der Waals surface area contributed by atoms with Gasteiger partial charge in [0.15, 0.2) is 6.61 Å². The van der Waals surface area contributed by atoms with Crippen LogP contribution in [0.15, 0.2) is 66.7 Å². The first-order valence-corrected chi connectivity index (χ1v) is 12.4. The topological polar surface area (TPSA) is 92.8 Å². The number of nitrogens with one attached hydrogen (secondary N) is 1. The van der Waals surface area contributed by atoms with Gasteiger partial charge in [-0.05, 0) is 47.7 Å². The third-order valence-electron chi connectivity index (χ3n) is 7.85. The Bertz CT molecular complexity index is 1360. The lowest BCUT2D eigenvalue weighted by atomic mass is 9.55. The number of likely N-dealkylation sites (tertiary alicyclic amines) is 1. The van der Waals surface area contributed by atoms with Crippen molar-refractivity contribution in [2.24, 2.45) is 11.8 Å². The standard InChI is InChI=1S/C30H26N2O5/c1-16-11-12-22(17(2)13-16)31-23(33)15-37-24(34)14-32-29(35)27-25-18-7-3-4-8-19(18)26(28(27)30(32)36)21-10-6-5-9-20(21)25/h3-13,25-28H,14-15H2,1-2H3,(H,31,33)/t25?,26?,27-,28+. The highest BCUT2D eigenvalue weighted by Gasteiger charge is 2.61. The van der Waals surface area contributed by atoms with Crippen molar-refractivity contribution < 1.29 is 23.9 Å². The van der Waals surface area contributed by atoms with E-state index in [1.807, 2.05) is 74.5 Å². The second-order valence-corrected chi connectivity index (χ2v) is 10.1. The quantitative estimate of drug-likeness (QED) is 0.432. The van der Waals surface area contributed by atoms with Crippen molar-refractivity contribution >= 4 is 29.4 Å². The number of benzene rings is 3. The maximum absolute atomic E-state index is 13.6. The minimum absolute atomic E-state index is 0.233. The van der Waals surface area contributed by atoms with Crippen LogP contribution in [0.1, 0.15) is 45.2 Å². The van der Waals surface area contributed by atoms with Crippen molar-refractivity contribution in [3.05, 3.63) is 100 Å². The predicted molar refractivity (Wildman–Crippen MR) is 136 cm³/mol. The number of esters is 1. The lowest BCUT2D eigenvalue weighted by molar-refractivity contribution is -0.154. The number of imide groups is 1. The van der Waals surface area contributed by atoms with Crippen molar-refractivity contribution in [1.29, 1.82) is 0 Å². The van der Waals surface area contributed by atoms with Gasteiger partial charge in [0, 0.05) is 17.5 Å². The molecule has 186 valence electrons. The van der Waals surface area contributed by atoms with Gasteiger partial charge < -0.3 is 10.1 Å². The van der Waals surface area contributed by atoms with Gasteiger partial charge in [0.1, 0.15) is 6.54 Å². The molecule has 0 saturated carbocycles. The summed E-state index contributed by atoms with van der Waals surface area (Å²) in [5.41, 5.74) is 6.88. The average Bonchev–Trinajstić information content (AvgIpc) is 3.14. The van der Waals surface area contributed by atoms with Gasteiger partial charge in [0.2, 0.25) is 11.8 Å². The van der Waals surface area contributed by atoms with Crippen molar-refractivity contribution in [2.45, 2.75) is 25.7 Å². The molecule has 7 rings (SSSR count). The van der Waals surface area contributed by atoms with E-state index in [-0.39, 0.29) is 23.7 Å². The van der Waals surface area contributed by atoms with E-state index in [1.165, 1.54) is 0 Å². The van der Waals surface area contributed by atoms with E-state index in [0.29, 0.717) is 5.69 Å². The molecule has 1 heterocycles. The molecule has 2 bridgehead atoms. The molecule has 1 aliphatic heterocycles. The molecule has 3 aromatic rings. The van der Waals surface area contributed by atoms with Crippen LogP contribution in [-0.4, -0.2) is 41.7 Å². The first-order chi connectivity index (χ1) is 17.8. The number of ether oxygens (including phenoxy) is 1. The number of aryl methyl sites for hydroxylation is 2. The van der Waals surface area contributed by atoms with E-state index in [9.17, 15) is 19.2 Å². The largest absolute Gasteiger partial charge is 0.454 e. The molecule has 3 aromatic carbocycles. The molecule has 2 atom stereocenters. The Hall–Kier alpha value is -4.26. The molecule has 0 unspecified atom stereocenters. The van der Waals surface area contributed by atoms with Crippen LogP contribution in [0.3, 0.4) is 0 Å². The van der Waals surface area contributed by atoms with E-state index >= 15 is 0 Å². The van der Waals surface area contributed by atoms with Gasteiger partial charge in [0.25, 0.3) is 5.91 Å². The van der Waals surface area contributed by atoms with Crippen LogP contribution < -0.4 is 5.32 Å². The Kier molecular flexibility index (Phi) is 5.44. The zero-order valence-electron chi connectivity index (χ0n) is 20.6. The third kappa shape index (κ3) is 3.65. The Morgan fingerprint density at radius 1 is 0.811 bits per heavy atom. The lowest BCUT2D eigenvalue weighted by Crippen LogP contribution is -2.41. The summed E-state index contributed by atoms with van der Waals surface area (Å²) in [7, 11) is 0. The Morgan fingerprint density at radius 2 is 1.32 bits per heavy atom. The fourth-order valence-electron chi connectivity index (χ4n) is 6.36. The molecule has 1 fully saturated rings. The molecular formula is C30H26N2O5. The smallest absolute Gasteiger partial charge is 0.326 e. The van der Waals surface area contributed by atoms with Crippen LogP contribution >= 0.6 is 0 Å². The minimum atomic E-state index is -0.793. The normalized spacial score (nSPS) is 22.8. The lowest BCUT2D eigenvalue weighted by Gasteiger charge is -2.45. The maximum atomic E-state index is 13.6. The van der Waals surface area contributed by atoms with Crippen LogP contribution in [0, 0.1) is 25.7 Å². The van der Waals surface area contributed by atoms with Gasteiger partial charge in [-0.25, -0.2) is 0 Å². The molecule has 1 N–H and O–H groups in total. The third-order valence-corrected chi connectivity index (χ3v) is 7.85. The number of hydrogen-bond donors (Lipinski definition) is 1. The molecule has 3 amide bonds. The summed E-state index contributed by atoms with van der Waals surface area (Å²) in [6.07, 6.45) is 0. The second-order valence-electron chi connectivity index (χ2n) is 10.1. The van der Waals surface area contributed by atoms with Crippen LogP contribution in [0.2, 0.25) is 0 Å². The van der Waals surface area contributed by atoms with Crippen molar-refractivity contribution in [3.8, 4) is 0 Å². The van der Waals surface area contributed by atoms with E-state index in [0.717, 1.165) is 38.3 Å². The summed E-state index contributed by atoms with van der Waals surface area (Å²) in [6, 6.07) is 21.5. The molecule has 3 aliphatic carbocycles. The van der Waals surface area contributed by atoms with Crippen LogP contribution in [0.4, 0.5) is 5.69 Å². The van der Waals surface area contributed by atoms with Gasteiger partial charge in [-0.15, -0.1) is 0 Å². The first-order valence-electron chi connectivity index (χ1n) is 12.4. The summed E-state index contributed by atoms with van der Waals surface area (Å²) in [5.74, 6) is -3.57. The summed E-state index contributed by atoms with van der Waals surface area (Å²) in [6.45, 7) is 2.83. The number of amides is 3. The van der Waals surface area contributed by atoms with Gasteiger partial charge >= 0.3 is 5.97 Å². The molecule has 4 aliphatic rings. The highest BCUT2D eigenvalue weighted by molar-refractivity contribution is 6.09. The number of anilines is 1. The molecule has 0 spiro atoms. The number of nitrogens with zero attached hydrogens (tertiary/aromatic N) is 1. The van der Waals surface area contributed by atoms with Crippen molar-refractivity contribution in [2.75, 3.05) is 18.5 Å². The minimum Gasteiger partial charge on any atom is -0.454 e. The Balaban J connectivity index is 1.18. The van der Waals surface area contributed by atoms with E-state index in [1.54, 1.807) is 6.07 Å². The highest BCUT2D eigenvalue weighted by atomic mass is 16.5. The molecule has 1 saturated heterocycles. The van der Waals surface area contributed by atoms with E-state index < -0.39 is 36.9 Å². The summed E-state index contributed by atoms with van der Waals surface area (Å²) in [5, 5.41) is 2.72. The molecule has 7 heteroatoms. The number of rotatable bonds is 5. The fraction of sp³-hybridized carbons (Fsp3) is 0.267. The number of hydrogen-bond acceptors (Lipinski definition) is 5. The second kappa shape index (κ2) is 8.69. The highest BCUT2D eigenvalue weighted by Crippen LogP contribution is 2.60. The number of carbonyl (C=O) groups is 4. The van der Waals surface area contributed by atoms with Crippen molar-refractivity contribution in [1.82, 2.24) is 4.90 Å². The average molecular weight is 495 g/mol. The van der Waals surface area contributed by atoms with E-state index in [2.05, 4.69) is 5.32 Å². The fourth-order valence-corrected chi connectivity index (χ4v) is 6.36. The maximum Gasteiger partial charge on any atom is 0.326 e. The van der Waals surface area contributed by atoms with Gasteiger partial charge in [-0.3, -0.25) is 24.1 Å². The van der Waals surface area contributed by atoms with Crippen LogP contribution in [-0.2, 0) is 23.9 Å². The molecule has 7 nitrogen and oxygen atoms in total. The first kappa shape index (κ1) is 23.2. The SMILES string of the molecule is Cc1ccc(NC(=O)COC(=O)CN2C(=O)[C@@H]3C4c5ccccc5C(c5ccccc54)[C@@H]3C2=O)c(C)c1. The monoisotopic (exact) mass is 494 g/mol. The Morgan fingerprint density at radius 3 is 1.81 bits per heavy atom. The predicted octanol–water partition coefficient (Wildman–Crippen LogP) is 3.68. The zero-order valence-corrected chi connectivity index (χ0v) is 20.6. The van der Waals surface area contributed by atoms with Crippen LogP contribution in [0.5, 0.6) is 0 Å². The summed E-state index contributed by atoms with van der Waals surface area (Å²) < 4.78 is 5.15. The van der Waals surface area contributed by atoms with Crippen molar-refractivity contribution in [3.63, 3.8) is 0 Å². The Labute approximate surface area is 214 Å². The summed E-state index contributed by atoms with van der Waals surface area (Å²) in [4.78, 5) is 53.1. The summed E-state index contributed by atoms with van der Waals surface area (Å²) >= 11 is 0. The van der Waals surface area contributed by atoms with Gasteiger partial charge in [0.05, 0.1) is 11.8 Å². The molecular weight excluding hydrogens is 468 g/mol. The molecule has 37 heavy (non-hydrogen) atoms. The van der Waals surface area contributed by atoms with Crippen LogP contribution in [0.25, 0.3) is 0 Å². The number of carbonyl (C=O) groups excluding carboxylic acids is 4. The van der Waals surface area contributed by atoms with E-state index in [4.69, 9.17) is 4.74 Å². The van der Waals surface area contributed by atoms with Gasteiger partial charge in [-0.2, -0.15) is 0 Å². The molecule has 0 aromatic heterocycles. The van der Waals surface area contributed by atoms with Gasteiger partial charge in [-0.1, -0.05) is 66.2 Å². The zero-order chi connectivity index (χ0) is 25.8.